The van der Waals surface area contributed by atoms with Crippen LogP contribution in [-0.2, 0) is 0 Å². The van der Waals surface area contributed by atoms with Crippen molar-refractivity contribution in [2.75, 3.05) is 11.2 Å². The van der Waals surface area contributed by atoms with Crippen LogP contribution in [0.5, 0.6) is 0 Å². The summed E-state index contributed by atoms with van der Waals surface area (Å²) in [6.45, 7) is 0. The van der Waals surface area contributed by atoms with Crippen LogP contribution >= 0.6 is 11.6 Å². The maximum Gasteiger partial charge on any atom is 0.145 e. The van der Waals surface area contributed by atoms with E-state index >= 15 is 0 Å². The highest BCUT2D eigenvalue weighted by molar-refractivity contribution is 6.19. The van der Waals surface area contributed by atoms with Gasteiger partial charge >= 0.3 is 0 Å². The molecule has 4 heteroatoms. The molecule has 1 aromatic carbocycles. The maximum atomic E-state index is 5.91. The molecule has 1 saturated carbocycles. The normalized spacial score (nSPS) is 17.3. The zero-order valence-electron chi connectivity index (χ0n) is 8.78. The van der Waals surface area contributed by atoms with Crippen LogP contribution in [0.2, 0.25) is 0 Å². The third-order valence-corrected chi connectivity index (χ3v) is 3.46. The highest BCUT2D eigenvalue weighted by Crippen LogP contribution is 2.39. The van der Waals surface area contributed by atoms with Gasteiger partial charge in [-0.15, -0.1) is 11.6 Å². The van der Waals surface area contributed by atoms with Gasteiger partial charge in [-0.2, -0.15) is 0 Å². The van der Waals surface area contributed by atoms with Crippen LogP contribution in [0, 0.1) is 0 Å². The van der Waals surface area contributed by atoms with Crippen LogP contribution in [0.3, 0.4) is 0 Å². The van der Waals surface area contributed by atoms with Crippen molar-refractivity contribution >= 4 is 28.5 Å². The average molecular weight is 234 g/mol. The molecule has 3 rings (SSSR count). The Morgan fingerprint density at radius 1 is 1.25 bits per heavy atom. The van der Waals surface area contributed by atoms with Crippen molar-refractivity contribution in [1.82, 2.24) is 9.97 Å². The fraction of sp³-hybridized carbons (Fsp3) is 0.333. The lowest BCUT2D eigenvalue weighted by atomic mass is 10.3. The van der Waals surface area contributed by atoms with Gasteiger partial charge in [0.05, 0.1) is 22.8 Å². The average Bonchev–Trinajstić information content (AvgIpc) is 3.09. The number of fused-ring (bicyclic) bond motifs is 1. The van der Waals surface area contributed by atoms with E-state index in [1.54, 1.807) is 6.20 Å². The molecule has 0 unspecified atom stereocenters. The second kappa shape index (κ2) is 3.59. The van der Waals surface area contributed by atoms with Crippen LogP contribution in [0.15, 0.2) is 30.5 Å². The molecule has 1 heterocycles. The molecule has 82 valence electrons. The molecule has 0 atom stereocenters. The molecule has 0 saturated heterocycles. The number of hydrogen-bond donors (Lipinski definition) is 1. The number of halogens is 1. The minimum atomic E-state index is 0.0681. The monoisotopic (exact) mass is 233 g/mol. The van der Waals surface area contributed by atoms with E-state index in [9.17, 15) is 0 Å². The van der Waals surface area contributed by atoms with Crippen molar-refractivity contribution in [2.24, 2.45) is 0 Å². The Bertz CT molecular complexity index is 522. The molecule has 1 fully saturated rings. The van der Waals surface area contributed by atoms with E-state index in [4.69, 9.17) is 11.6 Å². The fourth-order valence-corrected chi connectivity index (χ4v) is 2.07. The van der Waals surface area contributed by atoms with Gasteiger partial charge in [0, 0.05) is 5.88 Å². The van der Waals surface area contributed by atoms with Crippen LogP contribution in [-0.4, -0.2) is 21.4 Å². The zero-order valence-corrected chi connectivity index (χ0v) is 9.54. The summed E-state index contributed by atoms with van der Waals surface area (Å²) in [7, 11) is 0. The molecule has 1 aliphatic carbocycles. The first-order valence-electron chi connectivity index (χ1n) is 5.37. The summed E-state index contributed by atoms with van der Waals surface area (Å²) < 4.78 is 0. The van der Waals surface area contributed by atoms with Crippen molar-refractivity contribution in [3.8, 4) is 0 Å². The molecule has 0 aliphatic heterocycles. The predicted octanol–water partition coefficient (Wildman–Crippen LogP) is 2.81. The third kappa shape index (κ3) is 1.71. The highest BCUT2D eigenvalue weighted by Gasteiger charge is 2.42. The van der Waals surface area contributed by atoms with Gasteiger partial charge in [-0.05, 0) is 25.0 Å². The Morgan fingerprint density at radius 3 is 2.69 bits per heavy atom. The summed E-state index contributed by atoms with van der Waals surface area (Å²) in [4.78, 5) is 8.88. The van der Waals surface area contributed by atoms with Gasteiger partial charge in [0.1, 0.15) is 5.82 Å². The van der Waals surface area contributed by atoms with Crippen molar-refractivity contribution in [1.29, 1.82) is 0 Å². The number of hydrogen-bond acceptors (Lipinski definition) is 3. The first-order chi connectivity index (χ1) is 7.81. The molecule has 1 aliphatic rings. The summed E-state index contributed by atoms with van der Waals surface area (Å²) in [5.74, 6) is 1.44. The summed E-state index contributed by atoms with van der Waals surface area (Å²) in [6, 6.07) is 7.86. The molecular weight excluding hydrogens is 222 g/mol. The van der Waals surface area contributed by atoms with Crippen molar-refractivity contribution in [3.63, 3.8) is 0 Å². The molecule has 0 bridgehead atoms. The minimum absolute atomic E-state index is 0.0681. The Labute approximate surface area is 98.9 Å². The molecular formula is C12H12ClN3. The van der Waals surface area contributed by atoms with Crippen molar-refractivity contribution in [2.45, 2.75) is 18.4 Å². The Balaban J connectivity index is 1.93. The molecule has 16 heavy (non-hydrogen) atoms. The quantitative estimate of drug-likeness (QED) is 0.829. The Morgan fingerprint density at radius 2 is 2.00 bits per heavy atom. The summed E-state index contributed by atoms with van der Waals surface area (Å²) in [6.07, 6.45) is 4.00. The summed E-state index contributed by atoms with van der Waals surface area (Å²) in [5.41, 5.74) is 1.90. The van der Waals surface area contributed by atoms with Crippen molar-refractivity contribution < 1.29 is 0 Å². The topological polar surface area (TPSA) is 37.8 Å². The van der Waals surface area contributed by atoms with E-state index in [2.05, 4.69) is 15.3 Å². The highest BCUT2D eigenvalue weighted by atomic mass is 35.5. The number of benzene rings is 1. The van der Waals surface area contributed by atoms with E-state index in [1.807, 2.05) is 24.3 Å². The summed E-state index contributed by atoms with van der Waals surface area (Å²) in [5, 5.41) is 3.37. The Kier molecular flexibility index (Phi) is 2.21. The summed E-state index contributed by atoms with van der Waals surface area (Å²) >= 11 is 5.91. The number of nitrogens with zero attached hydrogens (tertiary/aromatic N) is 2. The number of nitrogens with one attached hydrogen (secondary N) is 1. The largest absolute Gasteiger partial charge is 0.362 e. The molecule has 0 amide bonds. The Hall–Kier alpha value is -1.35. The molecule has 0 radical (unpaired) electrons. The van der Waals surface area contributed by atoms with Gasteiger partial charge < -0.3 is 5.32 Å². The lowest BCUT2D eigenvalue weighted by Gasteiger charge is -2.14. The molecule has 2 aromatic rings. The SMILES string of the molecule is ClCC1(Nc2cnc3ccccc3n2)CC1. The predicted molar refractivity (Wildman–Crippen MR) is 65.8 cm³/mol. The zero-order chi connectivity index (χ0) is 11.0. The molecule has 0 spiro atoms. The van der Waals surface area contributed by atoms with E-state index in [1.165, 1.54) is 0 Å². The van der Waals surface area contributed by atoms with Crippen LogP contribution < -0.4 is 5.32 Å². The number of rotatable bonds is 3. The molecule has 1 N–H and O–H groups in total. The number of anilines is 1. The molecule has 3 nitrogen and oxygen atoms in total. The van der Waals surface area contributed by atoms with Crippen molar-refractivity contribution in [3.05, 3.63) is 30.5 Å². The van der Waals surface area contributed by atoms with Gasteiger partial charge in [0.2, 0.25) is 0 Å². The first-order valence-corrected chi connectivity index (χ1v) is 5.91. The lowest BCUT2D eigenvalue weighted by Crippen LogP contribution is -2.23. The minimum Gasteiger partial charge on any atom is -0.362 e. The van der Waals surface area contributed by atoms with E-state index in [0.29, 0.717) is 5.88 Å². The van der Waals surface area contributed by atoms with Gasteiger partial charge in [-0.3, -0.25) is 4.98 Å². The fourth-order valence-electron chi connectivity index (χ4n) is 1.73. The van der Waals surface area contributed by atoms with Crippen LogP contribution in [0.25, 0.3) is 11.0 Å². The van der Waals surface area contributed by atoms with Gasteiger partial charge in [-0.1, -0.05) is 12.1 Å². The lowest BCUT2D eigenvalue weighted by molar-refractivity contribution is 0.829. The third-order valence-electron chi connectivity index (χ3n) is 2.95. The maximum absolute atomic E-state index is 5.91. The second-order valence-corrected chi connectivity index (χ2v) is 4.55. The van der Waals surface area contributed by atoms with Gasteiger partial charge in [-0.25, -0.2) is 4.98 Å². The van der Waals surface area contributed by atoms with Gasteiger partial charge in [0.15, 0.2) is 0 Å². The standard InChI is InChI=1S/C12H12ClN3/c13-8-12(5-6-12)16-11-7-14-9-3-1-2-4-10(9)15-11/h1-4,7H,5-6,8H2,(H,15,16). The van der Waals surface area contributed by atoms with E-state index in [0.717, 1.165) is 29.7 Å². The van der Waals surface area contributed by atoms with E-state index < -0.39 is 0 Å². The number of para-hydroxylation sites is 2. The van der Waals surface area contributed by atoms with Crippen LogP contribution in [0.4, 0.5) is 5.82 Å². The number of aromatic nitrogens is 2. The second-order valence-electron chi connectivity index (χ2n) is 4.28. The molecule has 1 aromatic heterocycles. The van der Waals surface area contributed by atoms with Crippen LogP contribution in [0.1, 0.15) is 12.8 Å². The van der Waals surface area contributed by atoms with Gasteiger partial charge in [0.25, 0.3) is 0 Å². The number of alkyl halides is 1. The smallest absolute Gasteiger partial charge is 0.145 e. The van der Waals surface area contributed by atoms with E-state index in [-0.39, 0.29) is 5.54 Å². The first kappa shape index (κ1) is 9.85.